The van der Waals surface area contributed by atoms with Crippen molar-refractivity contribution in [1.29, 1.82) is 0 Å². The highest BCUT2D eigenvalue weighted by atomic mass is 19.4. The van der Waals surface area contributed by atoms with Gasteiger partial charge in [-0.25, -0.2) is 0 Å². The SMILES string of the molecule is FC(F)(F)Cc1ccccc1.O. The van der Waals surface area contributed by atoms with E-state index in [0.29, 0.717) is 5.56 Å². The molecule has 0 saturated carbocycles. The van der Waals surface area contributed by atoms with E-state index in [9.17, 15) is 13.2 Å². The van der Waals surface area contributed by atoms with Crippen LogP contribution in [-0.4, -0.2) is 11.7 Å². The molecule has 0 fully saturated rings. The molecule has 1 rings (SSSR count). The van der Waals surface area contributed by atoms with Gasteiger partial charge in [0.1, 0.15) is 0 Å². The first-order chi connectivity index (χ1) is 5.08. The third kappa shape index (κ3) is 3.98. The summed E-state index contributed by atoms with van der Waals surface area (Å²) in [5, 5.41) is 0. The van der Waals surface area contributed by atoms with E-state index >= 15 is 0 Å². The van der Waals surface area contributed by atoms with Gasteiger partial charge in [0.15, 0.2) is 0 Å². The van der Waals surface area contributed by atoms with Crippen LogP contribution in [-0.2, 0) is 6.42 Å². The lowest BCUT2D eigenvalue weighted by molar-refractivity contribution is -0.127. The molecule has 1 nitrogen and oxygen atoms in total. The van der Waals surface area contributed by atoms with Crippen molar-refractivity contribution in [2.75, 3.05) is 0 Å². The Bertz CT molecular complexity index is 217. The Morgan fingerprint density at radius 1 is 1.00 bits per heavy atom. The minimum Gasteiger partial charge on any atom is -0.412 e. The Morgan fingerprint density at radius 2 is 1.50 bits per heavy atom. The van der Waals surface area contributed by atoms with E-state index < -0.39 is 12.6 Å². The molecule has 0 heterocycles. The number of alkyl halides is 3. The fraction of sp³-hybridized carbons (Fsp3) is 0.250. The van der Waals surface area contributed by atoms with E-state index in [1.807, 2.05) is 0 Å². The van der Waals surface area contributed by atoms with Gasteiger partial charge in [-0.15, -0.1) is 0 Å². The fourth-order valence-electron chi connectivity index (χ4n) is 0.827. The van der Waals surface area contributed by atoms with Crippen molar-refractivity contribution in [2.24, 2.45) is 0 Å². The average molecular weight is 178 g/mol. The van der Waals surface area contributed by atoms with E-state index in [0.717, 1.165) is 0 Å². The second-order valence-corrected chi connectivity index (χ2v) is 2.28. The molecular formula is C8H9F3O. The lowest BCUT2D eigenvalue weighted by Gasteiger charge is -2.04. The van der Waals surface area contributed by atoms with Crippen LogP contribution in [0.3, 0.4) is 0 Å². The molecule has 0 amide bonds. The lowest BCUT2D eigenvalue weighted by atomic mass is 10.1. The Morgan fingerprint density at radius 3 is 1.92 bits per heavy atom. The minimum absolute atomic E-state index is 0. The highest BCUT2D eigenvalue weighted by molar-refractivity contribution is 5.15. The van der Waals surface area contributed by atoms with Gasteiger partial charge in [0.25, 0.3) is 0 Å². The van der Waals surface area contributed by atoms with Crippen LogP contribution >= 0.6 is 0 Å². The van der Waals surface area contributed by atoms with Crippen LogP contribution in [0.4, 0.5) is 13.2 Å². The highest BCUT2D eigenvalue weighted by Crippen LogP contribution is 2.20. The van der Waals surface area contributed by atoms with Crippen LogP contribution in [0.2, 0.25) is 0 Å². The van der Waals surface area contributed by atoms with Crippen LogP contribution in [0.15, 0.2) is 30.3 Å². The topological polar surface area (TPSA) is 31.5 Å². The van der Waals surface area contributed by atoms with Gasteiger partial charge in [-0.2, -0.15) is 13.2 Å². The van der Waals surface area contributed by atoms with Gasteiger partial charge in [0.05, 0.1) is 6.42 Å². The van der Waals surface area contributed by atoms with Gasteiger partial charge >= 0.3 is 6.18 Å². The number of rotatable bonds is 1. The lowest BCUT2D eigenvalue weighted by Crippen LogP contribution is -2.11. The predicted octanol–water partition coefficient (Wildman–Crippen LogP) is 1.97. The number of benzene rings is 1. The summed E-state index contributed by atoms with van der Waals surface area (Å²) in [6.45, 7) is 0. The van der Waals surface area contributed by atoms with Crippen molar-refractivity contribution >= 4 is 0 Å². The summed E-state index contributed by atoms with van der Waals surface area (Å²) in [6.07, 6.45) is -4.94. The Kier molecular flexibility index (Phi) is 3.76. The summed E-state index contributed by atoms with van der Waals surface area (Å²) in [4.78, 5) is 0. The molecule has 0 unspecified atom stereocenters. The largest absolute Gasteiger partial charge is 0.412 e. The van der Waals surface area contributed by atoms with E-state index in [-0.39, 0.29) is 5.48 Å². The monoisotopic (exact) mass is 178 g/mol. The van der Waals surface area contributed by atoms with Crippen molar-refractivity contribution in [3.63, 3.8) is 0 Å². The molecule has 0 aliphatic heterocycles. The van der Waals surface area contributed by atoms with Crippen molar-refractivity contribution in [3.05, 3.63) is 35.9 Å². The second kappa shape index (κ2) is 4.11. The number of hydrogen-bond acceptors (Lipinski definition) is 0. The molecule has 4 heteroatoms. The summed E-state index contributed by atoms with van der Waals surface area (Å²) < 4.78 is 35.2. The normalized spacial score (nSPS) is 10.6. The smallest absolute Gasteiger partial charge is 0.393 e. The zero-order chi connectivity index (χ0) is 8.32. The highest BCUT2D eigenvalue weighted by Gasteiger charge is 2.27. The summed E-state index contributed by atoms with van der Waals surface area (Å²) in [6, 6.07) is 7.82. The maximum absolute atomic E-state index is 11.7. The van der Waals surface area contributed by atoms with Gasteiger partial charge in [-0.1, -0.05) is 30.3 Å². The Hall–Kier alpha value is -1.03. The third-order valence-electron chi connectivity index (χ3n) is 1.25. The molecule has 68 valence electrons. The van der Waals surface area contributed by atoms with Gasteiger partial charge < -0.3 is 5.48 Å². The molecule has 1 aromatic rings. The van der Waals surface area contributed by atoms with Crippen molar-refractivity contribution in [2.45, 2.75) is 12.6 Å². The first-order valence-corrected chi connectivity index (χ1v) is 3.18. The standard InChI is InChI=1S/C8H7F3.H2O/c9-8(10,11)6-7-4-2-1-3-5-7;/h1-5H,6H2;1H2. The van der Waals surface area contributed by atoms with Crippen LogP contribution < -0.4 is 0 Å². The minimum atomic E-state index is -4.10. The average Bonchev–Trinajstić information content (AvgIpc) is 1.85. The summed E-state index contributed by atoms with van der Waals surface area (Å²) in [5.74, 6) is 0. The van der Waals surface area contributed by atoms with Gasteiger partial charge in [-0.05, 0) is 5.56 Å². The molecule has 0 aliphatic rings. The van der Waals surface area contributed by atoms with Crippen LogP contribution in [0.5, 0.6) is 0 Å². The second-order valence-electron chi connectivity index (χ2n) is 2.28. The first kappa shape index (κ1) is 11.0. The van der Waals surface area contributed by atoms with Gasteiger partial charge in [-0.3, -0.25) is 0 Å². The van der Waals surface area contributed by atoms with E-state index in [4.69, 9.17) is 0 Å². The summed E-state index contributed by atoms with van der Waals surface area (Å²) in [5.41, 5.74) is 0.306. The molecule has 0 aromatic heterocycles. The molecule has 0 bridgehead atoms. The van der Waals surface area contributed by atoms with Crippen molar-refractivity contribution < 1.29 is 18.6 Å². The van der Waals surface area contributed by atoms with Crippen LogP contribution in [0, 0.1) is 0 Å². The van der Waals surface area contributed by atoms with Crippen molar-refractivity contribution in [3.8, 4) is 0 Å². The van der Waals surface area contributed by atoms with E-state index in [2.05, 4.69) is 0 Å². The van der Waals surface area contributed by atoms with E-state index in [1.165, 1.54) is 12.1 Å². The maximum atomic E-state index is 11.7. The third-order valence-corrected chi connectivity index (χ3v) is 1.25. The van der Waals surface area contributed by atoms with Crippen molar-refractivity contribution in [1.82, 2.24) is 0 Å². The Balaban J connectivity index is 0.00000121. The predicted molar refractivity (Wildman–Crippen MR) is 39.8 cm³/mol. The van der Waals surface area contributed by atoms with Gasteiger partial charge in [0.2, 0.25) is 0 Å². The molecule has 0 aliphatic carbocycles. The molecule has 0 atom stereocenters. The summed E-state index contributed by atoms with van der Waals surface area (Å²) in [7, 11) is 0. The molecule has 0 spiro atoms. The van der Waals surface area contributed by atoms with Gasteiger partial charge in [0, 0.05) is 0 Å². The molecular weight excluding hydrogens is 169 g/mol. The number of hydrogen-bond donors (Lipinski definition) is 0. The van der Waals surface area contributed by atoms with E-state index in [1.54, 1.807) is 18.2 Å². The molecule has 0 radical (unpaired) electrons. The quantitative estimate of drug-likeness (QED) is 0.629. The van der Waals surface area contributed by atoms with Crippen LogP contribution in [0.25, 0.3) is 0 Å². The molecule has 1 aromatic carbocycles. The fourth-order valence-corrected chi connectivity index (χ4v) is 0.827. The molecule has 12 heavy (non-hydrogen) atoms. The molecule has 2 N–H and O–H groups in total. The Labute approximate surface area is 68.1 Å². The first-order valence-electron chi connectivity index (χ1n) is 3.18. The zero-order valence-electron chi connectivity index (χ0n) is 6.23. The zero-order valence-corrected chi connectivity index (χ0v) is 6.23. The van der Waals surface area contributed by atoms with Crippen LogP contribution in [0.1, 0.15) is 5.56 Å². The number of halogens is 3. The summed E-state index contributed by atoms with van der Waals surface area (Å²) >= 11 is 0. The molecule has 0 saturated heterocycles. The maximum Gasteiger partial charge on any atom is 0.393 e.